The van der Waals surface area contributed by atoms with Crippen LogP contribution >= 0.6 is 0 Å². The number of carbonyl (C=O) groups excluding carboxylic acids is 1. The number of rotatable bonds is 2. The van der Waals surface area contributed by atoms with Crippen molar-refractivity contribution >= 4 is 40.2 Å². The van der Waals surface area contributed by atoms with E-state index in [-0.39, 0.29) is 11.1 Å². The molecule has 0 atom stereocenters. The summed E-state index contributed by atoms with van der Waals surface area (Å²) in [5, 5.41) is 11.3. The lowest BCUT2D eigenvalue weighted by molar-refractivity contribution is -0.147. The fourth-order valence-corrected chi connectivity index (χ4v) is 3.15. The number of hydrogen-bond acceptors (Lipinski definition) is 5. The molecule has 27 heavy (non-hydrogen) atoms. The van der Waals surface area contributed by atoms with Gasteiger partial charge in [0.2, 0.25) is 0 Å². The monoisotopic (exact) mass is 362 g/mol. The van der Waals surface area contributed by atoms with E-state index in [1.807, 2.05) is 18.2 Å². The lowest BCUT2D eigenvalue weighted by Gasteiger charge is -2.06. The zero-order chi connectivity index (χ0) is 19.0. The first-order chi connectivity index (χ1) is 13.0. The Kier molecular flexibility index (Phi) is 4.04. The molecule has 0 aliphatic heterocycles. The summed E-state index contributed by atoms with van der Waals surface area (Å²) in [4.78, 5) is 38.9. The third kappa shape index (κ3) is 3.10. The average molecular weight is 362 g/mol. The maximum atomic E-state index is 12.8. The molecule has 0 saturated carbocycles. The van der Waals surface area contributed by atoms with Gasteiger partial charge in [-0.15, -0.1) is 0 Å². The summed E-state index contributed by atoms with van der Waals surface area (Å²) in [5.74, 6) is -2.22. The van der Waals surface area contributed by atoms with E-state index in [2.05, 4.69) is 10.3 Å². The second-order valence-corrected chi connectivity index (χ2v) is 6.17. The number of nitrogens with one attached hydrogen (secondary N) is 1. The molecule has 0 radical (unpaired) electrons. The lowest BCUT2D eigenvalue weighted by atomic mass is 10.1. The molecule has 1 aliphatic rings. The standard InChI is InChI=1S/C20H14N2O5/c23-17-14-6-4-13(22-19(24)20(25)26)9-16(14)27-18-12(3-5-15(17)18)8-11-2-1-7-21-10-11/h1-2,4,6-10H,3,5H2,(H,22,24)(H,25,26)/b12-8+. The van der Waals surface area contributed by atoms with Gasteiger partial charge in [0.05, 0.1) is 5.39 Å². The third-order valence-corrected chi connectivity index (χ3v) is 4.40. The number of amides is 1. The molecule has 0 saturated heterocycles. The highest BCUT2D eigenvalue weighted by atomic mass is 16.4. The predicted octanol–water partition coefficient (Wildman–Crippen LogP) is 2.70. The van der Waals surface area contributed by atoms with Gasteiger partial charge in [-0.25, -0.2) is 4.79 Å². The van der Waals surface area contributed by atoms with Crippen LogP contribution in [0.2, 0.25) is 0 Å². The summed E-state index contributed by atoms with van der Waals surface area (Å²) < 4.78 is 5.97. The molecule has 2 N–H and O–H groups in total. The molecular formula is C20H14N2O5. The zero-order valence-corrected chi connectivity index (χ0v) is 14.1. The van der Waals surface area contributed by atoms with Gasteiger partial charge in [-0.3, -0.25) is 14.6 Å². The smallest absolute Gasteiger partial charge is 0.394 e. The molecule has 0 spiro atoms. The number of benzene rings is 1. The van der Waals surface area contributed by atoms with Crippen LogP contribution in [0.25, 0.3) is 22.6 Å². The van der Waals surface area contributed by atoms with Crippen LogP contribution in [0.3, 0.4) is 0 Å². The minimum Gasteiger partial charge on any atom is -0.474 e. The Balaban J connectivity index is 1.80. The van der Waals surface area contributed by atoms with E-state index in [0.29, 0.717) is 35.1 Å². The second kappa shape index (κ2) is 6.53. The van der Waals surface area contributed by atoms with Crippen molar-refractivity contribution < 1.29 is 19.1 Å². The van der Waals surface area contributed by atoms with E-state index in [4.69, 9.17) is 9.52 Å². The van der Waals surface area contributed by atoms with Gasteiger partial charge >= 0.3 is 11.9 Å². The zero-order valence-electron chi connectivity index (χ0n) is 14.1. The normalized spacial score (nSPS) is 14.3. The Bertz CT molecular complexity index is 1160. The van der Waals surface area contributed by atoms with Crippen molar-refractivity contribution in [1.29, 1.82) is 0 Å². The Morgan fingerprint density at radius 3 is 2.81 bits per heavy atom. The number of carbonyl (C=O) groups is 2. The number of aromatic nitrogens is 1. The molecular weight excluding hydrogens is 348 g/mol. The molecule has 0 bridgehead atoms. The first-order valence-corrected chi connectivity index (χ1v) is 8.28. The summed E-state index contributed by atoms with van der Waals surface area (Å²) in [6.45, 7) is 0. The second-order valence-electron chi connectivity index (χ2n) is 6.17. The SMILES string of the molecule is O=C(O)C(=O)Nc1ccc2c(=O)c3c(oc2c1)/C(=C/c1cccnc1)CC3. The number of nitrogens with zero attached hydrogens (tertiary/aromatic N) is 1. The van der Waals surface area contributed by atoms with E-state index in [1.165, 1.54) is 18.2 Å². The van der Waals surface area contributed by atoms with Crippen LogP contribution in [-0.4, -0.2) is 22.0 Å². The van der Waals surface area contributed by atoms with Crippen molar-refractivity contribution in [2.75, 3.05) is 5.32 Å². The fourth-order valence-electron chi connectivity index (χ4n) is 3.15. The highest BCUT2D eigenvalue weighted by Crippen LogP contribution is 2.34. The Morgan fingerprint density at radius 1 is 1.22 bits per heavy atom. The minimum atomic E-state index is -1.59. The van der Waals surface area contributed by atoms with Crippen molar-refractivity contribution in [3.8, 4) is 0 Å². The summed E-state index contributed by atoms with van der Waals surface area (Å²) >= 11 is 0. The average Bonchev–Trinajstić information content (AvgIpc) is 3.05. The number of hydrogen-bond donors (Lipinski definition) is 2. The number of aliphatic carboxylic acids is 1. The number of fused-ring (bicyclic) bond motifs is 2. The highest BCUT2D eigenvalue weighted by Gasteiger charge is 2.24. The first kappa shape index (κ1) is 16.7. The summed E-state index contributed by atoms with van der Waals surface area (Å²) in [6, 6.07) is 8.21. The fraction of sp³-hybridized carbons (Fsp3) is 0.100. The predicted molar refractivity (Wildman–Crippen MR) is 99.2 cm³/mol. The molecule has 1 aromatic carbocycles. The van der Waals surface area contributed by atoms with Gasteiger partial charge in [0.1, 0.15) is 11.3 Å². The van der Waals surface area contributed by atoms with Crippen molar-refractivity contribution in [2.45, 2.75) is 12.8 Å². The van der Waals surface area contributed by atoms with E-state index >= 15 is 0 Å². The van der Waals surface area contributed by atoms with E-state index < -0.39 is 11.9 Å². The van der Waals surface area contributed by atoms with E-state index in [1.54, 1.807) is 12.4 Å². The molecule has 1 aliphatic carbocycles. The Labute approximate surface area is 153 Å². The van der Waals surface area contributed by atoms with Crippen molar-refractivity contribution in [3.05, 3.63) is 69.8 Å². The van der Waals surface area contributed by atoms with Gasteiger partial charge in [-0.2, -0.15) is 0 Å². The Hall–Kier alpha value is -3.74. The molecule has 0 unspecified atom stereocenters. The minimum absolute atomic E-state index is 0.114. The summed E-state index contributed by atoms with van der Waals surface area (Å²) in [6.07, 6.45) is 6.62. The van der Waals surface area contributed by atoms with Gasteiger partial charge in [0.15, 0.2) is 5.43 Å². The molecule has 0 fully saturated rings. The third-order valence-electron chi connectivity index (χ3n) is 4.40. The quantitative estimate of drug-likeness (QED) is 0.678. The van der Waals surface area contributed by atoms with E-state index in [0.717, 1.165) is 11.1 Å². The molecule has 1 amide bonds. The van der Waals surface area contributed by atoms with E-state index in [9.17, 15) is 14.4 Å². The molecule has 2 heterocycles. The first-order valence-electron chi connectivity index (χ1n) is 8.28. The van der Waals surface area contributed by atoms with Crippen LogP contribution < -0.4 is 10.7 Å². The van der Waals surface area contributed by atoms with Gasteiger partial charge in [-0.1, -0.05) is 6.07 Å². The molecule has 7 heteroatoms. The van der Waals surface area contributed by atoms with Crippen LogP contribution in [0.5, 0.6) is 0 Å². The maximum absolute atomic E-state index is 12.8. The van der Waals surface area contributed by atoms with Crippen LogP contribution in [0.1, 0.15) is 23.3 Å². The maximum Gasteiger partial charge on any atom is 0.394 e. The summed E-state index contributed by atoms with van der Waals surface area (Å²) in [5.41, 5.74) is 2.86. The molecule has 3 aromatic rings. The van der Waals surface area contributed by atoms with Crippen molar-refractivity contribution in [3.63, 3.8) is 0 Å². The van der Waals surface area contributed by atoms with Gasteiger partial charge in [-0.05, 0) is 48.3 Å². The molecule has 7 nitrogen and oxygen atoms in total. The van der Waals surface area contributed by atoms with Crippen LogP contribution in [0, 0.1) is 0 Å². The topological polar surface area (TPSA) is 110 Å². The number of carboxylic acids is 1. The molecule has 4 rings (SSSR count). The van der Waals surface area contributed by atoms with Crippen molar-refractivity contribution in [2.24, 2.45) is 0 Å². The van der Waals surface area contributed by atoms with Gasteiger partial charge < -0.3 is 14.8 Å². The van der Waals surface area contributed by atoms with Gasteiger partial charge in [0.25, 0.3) is 0 Å². The van der Waals surface area contributed by atoms with Crippen LogP contribution in [0.4, 0.5) is 5.69 Å². The largest absolute Gasteiger partial charge is 0.474 e. The highest BCUT2D eigenvalue weighted by molar-refractivity contribution is 6.36. The van der Waals surface area contributed by atoms with Crippen molar-refractivity contribution in [1.82, 2.24) is 4.98 Å². The van der Waals surface area contributed by atoms with Crippen LogP contribution in [0.15, 0.2) is 51.9 Å². The number of allylic oxidation sites excluding steroid dienone is 1. The van der Waals surface area contributed by atoms with Gasteiger partial charge in [0, 0.05) is 29.7 Å². The Morgan fingerprint density at radius 2 is 2.07 bits per heavy atom. The number of carboxylic acid groups (broad SMARTS) is 1. The number of anilines is 1. The molecule has 134 valence electrons. The number of pyridine rings is 1. The lowest BCUT2D eigenvalue weighted by Crippen LogP contribution is -2.21. The molecule has 2 aromatic heterocycles. The van der Waals surface area contributed by atoms with Crippen LogP contribution in [-0.2, 0) is 16.0 Å². The summed E-state index contributed by atoms with van der Waals surface area (Å²) in [7, 11) is 0.